The standard InChI is InChI=1S/C19H16F2N2O3S/c20-15-6-2-7-16(21)19(15)27(24,25)23-11-9-14(12-23)26-17-8-1-4-13-5-3-10-22-18(13)17/h1-8,10,14H,9,11-12H2. The van der Waals surface area contributed by atoms with E-state index < -0.39 is 32.7 Å². The van der Waals surface area contributed by atoms with E-state index in [9.17, 15) is 17.2 Å². The molecule has 2 heterocycles. The maximum atomic E-state index is 13.9. The molecule has 2 aromatic carbocycles. The number of halogens is 2. The van der Waals surface area contributed by atoms with Gasteiger partial charge in [0.05, 0.1) is 6.54 Å². The maximum Gasteiger partial charge on any atom is 0.249 e. The van der Waals surface area contributed by atoms with Crippen molar-refractivity contribution in [3.63, 3.8) is 0 Å². The van der Waals surface area contributed by atoms with Crippen molar-refractivity contribution in [1.29, 1.82) is 0 Å². The van der Waals surface area contributed by atoms with Gasteiger partial charge in [-0.2, -0.15) is 4.31 Å². The first-order valence-corrected chi connectivity index (χ1v) is 9.85. The first-order valence-electron chi connectivity index (χ1n) is 8.41. The van der Waals surface area contributed by atoms with Crippen molar-refractivity contribution in [2.75, 3.05) is 13.1 Å². The summed E-state index contributed by atoms with van der Waals surface area (Å²) in [6, 6.07) is 12.2. The minimum atomic E-state index is -4.28. The van der Waals surface area contributed by atoms with Gasteiger partial charge in [0.1, 0.15) is 29.0 Å². The molecule has 3 aromatic rings. The van der Waals surface area contributed by atoms with Crippen molar-refractivity contribution in [3.05, 3.63) is 66.4 Å². The summed E-state index contributed by atoms with van der Waals surface area (Å²) in [7, 11) is -4.28. The van der Waals surface area contributed by atoms with Gasteiger partial charge in [-0.15, -0.1) is 0 Å². The quantitative estimate of drug-likeness (QED) is 0.686. The van der Waals surface area contributed by atoms with Crippen LogP contribution in [0.5, 0.6) is 5.75 Å². The Bertz CT molecular complexity index is 1080. The number of para-hydroxylation sites is 1. The molecule has 1 atom stereocenters. The van der Waals surface area contributed by atoms with Crippen molar-refractivity contribution in [1.82, 2.24) is 9.29 Å². The fourth-order valence-electron chi connectivity index (χ4n) is 3.22. The topological polar surface area (TPSA) is 59.5 Å². The number of ether oxygens (including phenoxy) is 1. The fourth-order valence-corrected chi connectivity index (χ4v) is 4.82. The number of pyridine rings is 1. The van der Waals surface area contributed by atoms with Crippen LogP contribution in [0, 0.1) is 11.6 Å². The van der Waals surface area contributed by atoms with Crippen LogP contribution in [0.2, 0.25) is 0 Å². The number of fused-ring (bicyclic) bond motifs is 1. The monoisotopic (exact) mass is 390 g/mol. The summed E-state index contributed by atoms with van der Waals surface area (Å²) in [5.41, 5.74) is 0.682. The first kappa shape index (κ1) is 17.8. The summed E-state index contributed by atoms with van der Waals surface area (Å²) >= 11 is 0. The van der Waals surface area contributed by atoms with Gasteiger partial charge in [0.25, 0.3) is 0 Å². The van der Waals surface area contributed by atoms with Gasteiger partial charge in [-0.25, -0.2) is 17.2 Å². The Morgan fingerprint density at radius 2 is 1.74 bits per heavy atom. The average Bonchev–Trinajstić information content (AvgIpc) is 3.11. The second kappa shape index (κ2) is 6.86. The summed E-state index contributed by atoms with van der Waals surface area (Å²) in [5, 5.41) is 0.908. The predicted molar refractivity (Wildman–Crippen MR) is 95.9 cm³/mol. The fraction of sp³-hybridized carbons (Fsp3) is 0.211. The SMILES string of the molecule is O=S(=O)(c1c(F)cccc1F)N1CCC(Oc2cccc3cccnc23)C1. The van der Waals surface area contributed by atoms with Gasteiger partial charge in [-0.1, -0.05) is 24.3 Å². The van der Waals surface area contributed by atoms with Crippen LogP contribution in [-0.2, 0) is 10.0 Å². The number of benzene rings is 2. The van der Waals surface area contributed by atoms with Crippen LogP contribution in [0.4, 0.5) is 8.78 Å². The molecular weight excluding hydrogens is 374 g/mol. The molecule has 0 amide bonds. The number of rotatable bonds is 4. The normalized spacial score (nSPS) is 18.1. The van der Waals surface area contributed by atoms with E-state index in [4.69, 9.17) is 4.74 Å². The summed E-state index contributed by atoms with van der Waals surface area (Å²) in [6.45, 7) is 0.137. The number of aromatic nitrogens is 1. The third-order valence-corrected chi connectivity index (χ3v) is 6.43. The lowest BCUT2D eigenvalue weighted by Crippen LogP contribution is -2.32. The van der Waals surface area contributed by atoms with Gasteiger partial charge >= 0.3 is 0 Å². The Morgan fingerprint density at radius 1 is 1.04 bits per heavy atom. The predicted octanol–water partition coefficient (Wildman–Crippen LogP) is 3.36. The van der Waals surface area contributed by atoms with Crippen molar-refractivity contribution in [2.45, 2.75) is 17.4 Å². The molecule has 1 saturated heterocycles. The van der Waals surface area contributed by atoms with E-state index in [1.165, 1.54) is 0 Å². The molecular formula is C19H16F2N2O3S. The molecule has 1 aliphatic rings. The molecule has 0 N–H and O–H groups in total. The molecule has 0 saturated carbocycles. The van der Waals surface area contributed by atoms with Crippen LogP contribution in [0.3, 0.4) is 0 Å². The number of hydrogen-bond acceptors (Lipinski definition) is 4. The summed E-state index contributed by atoms with van der Waals surface area (Å²) in [4.78, 5) is 3.39. The molecule has 1 aromatic heterocycles. The maximum absolute atomic E-state index is 13.9. The summed E-state index contributed by atoms with van der Waals surface area (Å²) in [6.07, 6.45) is 1.64. The van der Waals surface area contributed by atoms with E-state index in [2.05, 4.69) is 4.98 Å². The molecule has 8 heteroatoms. The zero-order valence-corrected chi connectivity index (χ0v) is 15.0. The summed E-state index contributed by atoms with van der Waals surface area (Å²) in [5.74, 6) is -1.65. The molecule has 1 fully saturated rings. The number of sulfonamides is 1. The van der Waals surface area contributed by atoms with Crippen LogP contribution in [0.25, 0.3) is 10.9 Å². The molecule has 5 nitrogen and oxygen atoms in total. The van der Waals surface area contributed by atoms with E-state index in [0.717, 1.165) is 27.9 Å². The van der Waals surface area contributed by atoms with Crippen molar-refractivity contribution in [2.24, 2.45) is 0 Å². The van der Waals surface area contributed by atoms with Crippen LogP contribution in [0.1, 0.15) is 6.42 Å². The highest BCUT2D eigenvalue weighted by atomic mass is 32.2. The molecule has 0 aliphatic carbocycles. The van der Waals surface area contributed by atoms with E-state index in [0.29, 0.717) is 17.7 Å². The van der Waals surface area contributed by atoms with Gasteiger partial charge < -0.3 is 4.74 Å². The Kier molecular flexibility index (Phi) is 4.53. The third-order valence-electron chi connectivity index (χ3n) is 4.51. The van der Waals surface area contributed by atoms with E-state index in [-0.39, 0.29) is 13.1 Å². The molecule has 4 rings (SSSR count). The molecule has 0 bridgehead atoms. The number of nitrogens with zero attached hydrogens (tertiary/aromatic N) is 2. The molecule has 0 radical (unpaired) electrons. The van der Waals surface area contributed by atoms with E-state index >= 15 is 0 Å². The smallest absolute Gasteiger partial charge is 0.249 e. The van der Waals surface area contributed by atoms with Gasteiger partial charge in [-0.05, 0) is 30.7 Å². The molecule has 140 valence electrons. The zero-order valence-electron chi connectivity index (χ0n) is 14.2. The largest absolute Gasteiger partial charge is 0.487 e. The van der Waals surface area contributed by atoms with Crippen LogP contribution >= 0.6 is 0 Å². The van der Waals surface area contributed by atoms with Crippen molar-refractivity contribution >= 4 is 20.9 Å². The number of hydrogen-bond donors (Lipinski definition) is 0. The molecule has 27 heavy (non-hydrogen) atoms. The zero-order chi connectivity index (χ0) is 19.0. The minimum absolute atomic E-state index is 0.0132. The molecule has 0 spiro atoms. The van der Waals surface area contributed by atoms with Crippen LogP contribution in [0.15, 0.2) is 59.6 Å². The van der Waals surface area contributed by atoms with E-state index in [1.54, 1.807) is 12.3 Å². The Morgan fingerprint density at radius 3 is 2.52 bits per heavy atom. The highest BCUT2D eigenvalue weighted by Gasteiger charge is 2.37. The molecule has 1 aliphatic heterocycles. The van der Waals surface area contributed by atoms with Crippen molar-refractivity contribution < 1.29 is 21.9 Å². The molecule has 1 unspecified atom stereocenters. The van der Waals surface area contributed by atoms with Crippen molar-refractivity contribution in [3.8, 4) is 5.75 Å². The lowest BCUT2D eigenvalue weighted by Gasteiger charge is -2.18. The Balaban J connectivity index is 1.57. The average molecular weight is 390 g/mol. The van der Waals surface area contributed by atoms with Gasteiger partial charge in [0.15, 0.2) is 4.90 Å². The van der Waals surface area contributed by atoms with Gasteiger partial charge in [0, 0.05) is 18.1 Å². The van der Waals surface area contributed by atoms with Gasteiger partial charge in [-0.3, -0.25) is 4.98 Å². The van der Waals surface area contributed by atoms with Crippen LogP contribution < -0.4 is 4.74 Å². The second-order valence-electron chi connectivity index (χ2n) is 6.27. The second-order valence-corrected chi connectivity index (χ2v) is 8.15. The Hall–Kier alpha value is -2.58. The lowest BCUT2D eigenvalue weighted by molar-refractivity contribution is 0.217. The summed E-state index contributed by atoms with van der Waals surface area (Å²) < 4.78 is 60.2. The third kappa shape index (κ3) is 3.26. The van der Waals surface area contributed by atoms with Crippen LogP contribution in [-0.4, -0.2) is 36.9 Å². The van der Waals surface area contributed by atoms with Gasteiger partial charge in [0.2, 0.25) is 10.0 Å². The first-order chi connectivity index (χ1) is 13.0. The minimum Gasteiger partial charge on any atom is -0.487 e. The highest BCUT2D eigenvalue weighted by molar-refractivity contribution is 7.89. The Labute approximate surface area is 155 Å². The highest BCUT2D eigenvalue weighted by Crippen LogP contribution is 2.29. The lowest BCUT2D eigenvalue weighted by atomic mass is 10.2. The van der Waals surface area contributed by atoms with E-state index in [1.807, 2.05) is 24.3 Å².